The molecule has 2 N–H and O–H groups in total. The summed E-state index contributed by atoms with van der Waals surface area (Å²) in [6.45, 7) is 2.26. The van der Waals surface area contributed by atoms with Crippen LogP contribution in [0.5, 0.6) is 5.75 Å². The van der Waals surface area contributed by atoms with E-state index in [0.717, 1.165) is 18.4 Å². The molecule has 188 valence electrons. The van der Waals surface area contributed by atoms with Crippen LogP contribution < -0.4 is 0 Å². The van der Waals surface area contributed by atoms with Crippen molar-refractivity contribution in [3.05, 3.63) is 58.6 Å². The van der Waals surface area contributed by atoms with E-state index in [9.17, 15) is 20.0 Å². The first kappa shape index (κ1) is 29.1. The minimum absolute atomic E-state index is 0.0409. The van der Waals surface area contributed by atoms with Gasteiger partial charge in [-0.05, 0) is 30.2 Å². The van der Waals surface area contributed by atoms with Gasteiger partial charge in [-0.2, -0.15) is 0 Å². The Bertz CT molecular complexity index is 820. The van der Waals surface area contributed by atoms with Gasteiger partial charge in [0, 0.05) is 24.1 Å². The molecule has 34 heavy (non-hydrogen) atoms. The molecule has 6 nitrogen and oxygen atoms in total. The zero-order valence-electron chi connectivity index (χ0n) is 20.6. The maximum absolute atomic E-state index is 10.5. The molecule has 2 rings (SSSR count). The first-order chi connectivity index (χ1) is 16.5. The second kappa shape index (κ2) is 18.5. The number of phenolic OH excluding ortho intramolecular Hbond substituents is 1. The Labute approximate surface area is 204 Å². The van der Waals surface area contributed by atoms with E-state index in [4.69, 9.17) is 5.11 Å². The molecule has 0 aliphatic carbocycles. The smallest absolute Gasteiger partial charge is 0.303 e. The average Bonchev–Trinajstić information content (AvgIpc) is 2.83. The van der Waals surface area contributed by atoms with Crippen molar-refractivity contribution >= 4 is 11.7 Å². The van der Waals surface area contributed by atoms with Crippen molar-refractivity contribution in [3.8, 4) is 16.9 Å². The first-order valence-corrected chi connectivity index (χ1v) is 12.7. The SMILES string of the molecule is CCCCCCCCCCCCCCCC(=O)O.O=[N+]([O-])c1ccc(-c2ccccc2O)cc1. The van der Waals surface area contributed by atoms with Crippen LogP contribution in [-0.2, 0) is 4.79 Å². The van der Waals surface area contributed by atoms with E-state index in [-0.39, 0.29) is 11.4 Å². The predicted molar refractivity (Wildman–Crippen MR) is 138 cm³/mol. The summed E-state index contributed by atoms with van der Waals surface area (Å²) in [6.07, 6.45) is 17.3. The van der Waals surface area contributed by atoms with E-state index in [1.165, 1.54) is 82.8 Å². The maximum Gasteiger partial charge on any atom is 0.303 e. The summed E-state index contributed by atoms with van der Waals surface area (Å²) in [7, 11) is 0. The number of carboxylic acids is 1. The predicted octanol–water partition coefficient (Wildman–Crippen LogP) is 8.52. The highest BCUT2D eigenvalue weighted by molar-refractivity contribution is 5.70. The number of phenols is 1. The van der Waals surface area contributed by atoms with E-state index in [1.807, 2.05) is 0 Å². The number of unbranched alkanes of at least 4 members (excludes halogenated alkanes) is 12. The topological polar surface area (TPSA) is 101 Å². The second-order valence-corrected chi connectivity index (χ2v) is 8.71. The molecule has 0 heterocycles. The Morgan fingerprint density at radius 1 is 0.765 bits per heavy atom. The fourth-order valence-corrected chi connectivity index (χ4v) is 3.77. The number of carbonyl (C=O) groups is 1. The van der Waals surface area contributed by atoms with Crippen molar-refractivity contribution < 1.29 is 19.9 Å². The number of rotatable bonds is 16. The van der Waals surface area contributed by atoms with Gasteiger partial charge >= 0.3 is 5.97 Å². The summed E-state index contributed by atoms with van der Waals surface area (Å²) < 4.78 is 0. The lowest BCUT2D eigenvalue weighted by atomic mass is 10.0. The summed E-state index contributed by atoms with van der Waals surface area (Å²) >= 11 is 0. The van der Waals surface area contributed by atoms with E-state index in [0.29, 0.717) is 12.0 Å². The molecule has 0 aliphatic rings. The fraction of sp³-hybridized carbons (Fsp3) is 0.536. The monoisotopic (exact) mass is 471 g/mol. The van der Waals surface area contributed by atoms with Gasteiger partial charge in [-0.1, -0.05) is 102 Å². The number of hydrogen-bond acceptors (Lipinski definition) is 4. The van der Waals surface area contributed by atoms with E-state index < -0.39 is 10.9 Å². The summed E-state index contributed by atoms with van der Waals surface area (Å²) in [4.78, 5) is 20.3. The number of aromatic hydroxyl groups is 1. The largest absolute Gasteiger partial charge is 0.507 e. The Morgan fingerprint density at radius 3 is 1.68 bits per heavy atom. The summed E-state index contributed by atoms with van der Waals surface area (Å²) in [5, 5.41) is 28.6. The Morgan fingerprint density at radius 2 is 1.24 bits per heavy atom. The van der Waals surface area contributed by atoms with E-state index in [2.05, 4.69) is 6.92 Å². The molecule has 0 amide bonds. The number of nitro benzene ring substituents is 1. The zero-order chi connectivity index (χ0) is 25.0. The van der Waals surface area contributed by atoms with Crippen LogP contribution in [-0.4, -0.2) is 21.1 Å². The molecule has 0 saturated heterocycles. The van der Waals surface area contributed by atoms with E-state index in [1.54, 1.807) is 36.4 Å². The third-order valence-electron chi connectivity index (χ3n) is 5.79. The quantitative estimate of drug-likeness (QED) is 0.145. The van der Waals surface area contributed by atoms with Gasteiger partial charge in [0.1, 0.15) is 5.75 Å². The standard InChI is InChI=1S/C16H32O2.C12H9NO3/c1-2-3-4-5-6-7-8-9-10-11-12-13-14-15-16(17)18;14-12-4-2-1-3-11(12)9-5-7-10(8-6-9)13(15)16/h2-15H2,1H3,(H,17,18);1-8,14H. The molecule has 0 radical (unpaired) electrons. The molecule has 0 aliphatic heterocycles. The lowest BCUT2D eigenvalue weighted by molar-refractivity contribution is -0.384. The van der Waals surface area contributed by atoms with Gasteiger partial charge in [0.2, 0.25) is 0 Å². The van der Waals surface area contributed by atoms with Gasteiger partial charge in [-0.3, -0.25) is 14.9 Å². The molecule has 0 fully saturated rings. The number of carboxylic acid groups (broad SMARTS) is 1. The highest BCUT2D eigenvalue weighted by Crippen LogP contribution is 2.29. The lowest BCUT2D eigenvalue weighted by Gasteiger charge is -2.03. The highest BCUT2D eigenvalue weighted by atomic mass is 16.6. The molecular weight excluding hydrogens is 430 g/mol. The Balaban J connectivity index is 0.000000341. The third kappa shape index (κ3) is 13.6. The number of para-hydroxylation sites is 1. The summed E-state index contributed by atoms with van der Waals surface area (Å²) in [5.74, 6) is -0.491. The normalized spacial score (nSPS) is 10.4. The summed E-state index contributed by atoms with van der Waals surface area (Å²) in [6, 6.07) is 12.9. The molecule has 6 heteroatoms. The highest BCUT2D eigenvalue weighted by Gasteiger charge is 2.07. The molecular formula is C28H41NO5. The number of non-ortho nitro benzene ring substituents is 1. The van der Waals surface area contributed by atoms with Crippen LogP contribution in [0.15, 0.2) is 48.5 Å². The van der Waals surface area contributed by atoms with Gasteiger partial charge < -0.3 is 10.2 Å². The minimum Gasteiger partial charge on any atom is -0.507 e. The van der Waals surface area contributed by atoms with Crippen molar-refractivity contribution in [2.75, 3.05) is 0 Å². The Kier molecular flexibility index (Phi) is 15.9. The molecule has 0 bridgehead atoms. The average molecular weight is 472 g/mol. The number of aliphatic carboxylic acids is 1. The van der Waals surface area contributed by atoms with Gasteiger partial charge in [-0.25, -0.2) is 0 Å². The van der Waals surface area contributed by atoms with Gasteiger partial charge in [-0.15, -0.1) is 0 Å². The van der Waals surface area contributed by atoms with Crippen molar-refractivity contribution in [2.45, 2.75) is 96.8 Å². The van der Waals surface area contributed by atoms with Crippen LogP contribution in [0, 0.1) is 10.1 Å². The van der Waals surface area contributed by atoms with Crippen LogP contribution in [0.1, 0.15) is 96.8 Å². The van der Waals surface area contributed by atoms with Crippen LogP contribution >= 0.6 is 0 Å². The molecule has 2 aromatic rings. The van der Waals surface area contributed by atoms with Crippen LogP contribution in [0.25, 0.3) is 11.1 Å². The Hall–Kier alpha value is -2.89. The van der Waals surface area contributed by atoms with Crippen molar-refractivity contribution in [3.63, 3.8) is 0 Å². The number of nitrogens with zero attached hydrogens (tertiary/aromatic N) is 1. The van der Waals surface area contributed by atoms with Crippen molar-refractivity contribution in [2.24, 2.45) is 0 Å². The molecule has 2 aromatic carbocycles. The third-order valence-corrected chi connectivity index (χ3v) is 5.79. The maximum atomic E-state index is 10.5. The van der Waals surface area contributed by atoms with Crippen molar-refractivity contribution in [1.29, 1.82) is 0 Å². The number of hydrogen-bond donors (Lipinski definition) is 2. The molecule has 0 saturated carbocycles. The fourth-order valence-electron chi connectivity index (χ4n) is 3.77. The zero-order valence-corrected chi connectivity index (χ0v) is 20.6. The number of nitro groups is 1. The lowest BCUT2D eigenvalue weighted by Crippen LogP contribution is -1.93. The first-order valence-electron chi connectivity index (χ1n) is 12.7. The van der Waals surface area contributed by atoms with Gasteiger partial charge in [0.15, 0.2) is 0 Å². The van der Waals surface area contributed by atoms with E-state index >= 15 is 0 Å². The van der Waals surface area contributed by atoms with Crippen LogP contribution in [0.2, 0.25) is 0 Å². The second-order valence-electron chi connectivity index (χ2n) is 8.71. The molecule has 0 aromatic heterocycles. The van der Waals surface area contributed by atoms with Crippen molar-refractivity contribution in [1.82, 2.24) is 0 Å². The van der Waals surface area contributed by atoms with Gasteiger partial charge in [0.05, 0.1) is 4.92 Å². The number of benzene rings is 2. The molecule has 0 unspecified atom stereocenters. The minimum atomic E-state index is -0.655. The van der Waals surface area contributed by atoms with Crippen LogP contribution in [0.3, 0.4) is 0 Å². The molecule has 0 spiro atoms. The summed E-state index contributed by atoms with van der Waals surface area (Å²) in [5.41, 5.74) is 1.46. The van der Waals surface area contributed by atoms with Crippen LogP contribution in [0.4, 0.5) is 5.69 Å². The van der Waals surface area contributed by atoms with Gasteiger partial charge in [0.25, 0.3) is 5.69 Å². The molecule has 0 atom stereocenters.